The summed E-state index contributed by atoms with van der Waals surface area (Å²) in [5.74, 6) is -1.15. The minimum Gasteiger partial charge on any atom is -0.459 e. The summed E-state index contributed by atoms with van der Waals surface area (Å²) >= 11 is 0. The lowest BCUT2D eigenvalue weighted by Gasteiger charge is -2.11. The van der Waals surface area contributed by atoms with Crippen LogP contribution in [-0.4, -0.2) is 30.4 Å². The van der Waals surface area contributed by atoms with Crippen LogP contribution in [0.2, 0.25) is 0 Å². The zero-order valence-corrected chi connectivity index (χ0v) is 14.1. The van der Waals surface area contributed by atoms with E-state index >= 15 is 0 Å². The Morgan fingerprint density at radius 2 is 1.88 bits per heavy atom. The number of furan rings is 1. The van der Waals surface area contributed by atoms with Gasteiger partial charge in [0.25, 0.3) is 11.8 Å². The molecule has 1 aromatic heterocycles. The van der Waals surface area contributed by atoms with Gasteiger partial charge in [0.1, 0.15) is 0 Å². The van der Waals surface area contributed by atoms with Crippen molar-refractivity contribution in [1.29, 1.82) is 0 Å². The van der Waals surface area contributed by atoms with Gasteiger partial charge in [0.15, 0.2) is 12.4 Å². The molecular formula is C18H20N2O5. The van der Waals surface area contributed by atoms with Gasteiger partial charge in [0, 0.05) is 11.7 Å². The highest BCUT2D eigenvalue weighted by Gasteiger charge is 2.13. The molecule has 1 atom stereocenters. The molecular weight excluding hydrogens is 324 g/mol. The van der Waals surface area contributed by atoms with E-state index in [1.165, 1.54) is 18.4 Å². The maximum absolute atomic E-state index is 11.9. The van der Waals surface area contributed by atoms with Crippen molar-refractivity contribution in [3.8, 4) is 0 Å². The second-order valence-electron chi connectivity index (χ2n) is 5.46. The monoisotopic (exact) mass is 344 g/mol. The predicted molar refractivity (Wildman–Crippen MR) is 91.3 cm³/mol. The molecule has 0 aliphatic carbocycles. The van der Waals surface area contributed by atoms with Crippen LogP contribution in [0.25, 0.3) is 0 Å². The summed E-state index contributed by atoms with van der Waals surface area (Å²) < 4.78 is 9.96. The van der Waals surface area contributed by atoms with Crippen molar-refractivity contribution in [1.82, 2.24) is 5.32 Å². The highest BCUT2D eigenvalue weighted by Crippen LogP contribution is 2.12. The lowest BCUT2D eigenvalue weighted by molar-refractivity contribution is -0.124. The highest BCUT2D eigenvalue weighted by molar-refractivity contribution is 6.02. The van der Waals surface area contributed by atoms with Crippen LogP contribution in [-0.2, 0) is 9.53 Å². The van der Waals surface area contributed by atoms with Gasteiger partial charge < -0.3 is 19.8 Å². The number of hydrogen-bond acceptors (Lipinski definition) is 5. The first kappa shape index (κ1) is 18.3. The summed E-state index contributed by atoms with van der Waals surface area (Å²) in [5, 5.41) is 5.35. The van der Waals surface area contributed by atoms with Gasteiger partial charge in [-0.2, -0.15) is 0 Å². The molecule has 2 amide bonds. The first-order valence-electron chi connectivity index (χ1n) is 7.91. The Kier molecular flexibility index (Phi) is 6.33. The van der Waals surface area contributed by atoms with E-state index in [4.69, 9.17) is 9.15 Å². The second-order valence-corrected chi connectivity index (χ2v) is 5.46. The summed E-state index contributed by atoms with van der Waals surface area (Å²) in [5.41, 5.74) is 0.791. The summed E-state index contributed by atoms with van der Waals surface area (Å²) in [6.07, 6.45) is 2.20. The molecule has 0 aliphatic rings. The molecule has 0 bridgehead atoms. The molecule has 0 spiro atoms. The molecule has 0 radical (unpaired) electrons. The lowest BCUT2D eigenvalue weighted by atomic mass is 10.2. The summed E-state index contributed by atoms with van der Waals surface area (Å²) in [7, 11) is 0. The Morgan fingerprint density at radius 1 is 1.16 bits per heavy atom. The van der Waals surface area contributed by atoms with Gasteiger partial charge in [-0.05, 0) is 49.7 Å². The fourth-order valence-corrected chi connectivity index (χ4v) is 1.92. The predicted octanol–water partition coefficient (Wildman–Crippen LogP) is 2.60. The topological polar surface area (TPSA) is 97.6 Å². The first-order valence-corrected chi connectivity index (χ1v) is 7.91. The van der Waals surface area contributed by atoms with E-state index < -0.39 is 5.97 Å². The molecule has 0 saturated carbocycles. The largest absolute Gasteiger partial charge is 0.459 e. The van der Waals surface area contributed by atoms with Crippen molar-refractivity contribution in [3.05, 3.63) is 54.0 Å². The molecule has 7 nitrogen and oxygen atoms in total. The quantitative estimate of drug-likeness (QED) is 0.753. The number of ether oxygens (including phenoxy) is 1. The SMILES string of the molecule is CC[C@H](C)NC(=O)COC(=O)c1ccc(NC(=O)c2ccco2)cc1. The number of hydrogen-bond donors (Lipinski definition) is 2. The van der Waals surface area contributed by atoms with Gasteiger partial charge in [0.05, 0.1) is 11.8 Å². The third-order valence-electron chi connectivity index (χ3n) is 3.48. The van der Waals surface area contributed by atoms with Crippen LogP contribution in [0.1, 0.15) is 41.2 Å². The van der Waals surface area contributed by atoms with Gasteiger partial charge in [-0.15, -0.1) is 0 Å². The van der Waals surface area contributed by atoms with E-state index in [-0.39, 0.29) is 35.8 Å². The van der Waals surface area contributed by atoms with Crippen LogP contribution in [0.4, 0.5) is 5.69 Å². The Morgan fingerprint density at radius 3 is 2.48 bits per heavy atom. The summed E-state index contributed by atoms with van der Waals surface area (Å²) in [6, 6.07) is 9.34. The molecule has 2 aromatic rings. The standard InChI is InChI=1S/C18H20N2O5/c1-3-12(2)19-16(21)11-25-18(23)13-6-8-14(9-7-13)20-17(22)15-5-4-10-24-15/h4-10,12H,3,11H2,1-2H3,(H,19,21)(H,20,22)/t12-/m0/s1. The van der Waals surface area contributed by atoms with Crippen LogP contribution in [0.15, 0.2) is 47.1 Å². The van der Waals surface area contributed by atoms with Gasteiger partial charge >= 0.3 is 5.97 Å². The highest BCUT2D eigenvalue weighted by atomic mass is 16.5. The maximum Gasteiger partial charge on any atom is 0.338 e. The molecule has 2 N–H and O–H groups in total. The number of anilines is 1. The maximum atomic E-state index is 11.9. The minimum atomic E-state index is -0.608. The Labute approximate surface area is 145 Å². The molecule has 25 heavy (non-hydrogen) atoms. The van der Waals surface area contributed by atoms with E-state index in [0.29, 0.717) is 5.69 Å². The van der Waals surface area contributed by atoms with E-state index in [1.807, 2.05) is 13.8 Å². The van der Waals surface area contributed by atoms with Gasteiger partial charge in [-0.1, -0.05) is 6.92 Å². The molecule has 1 aromatic carbocycles. The zero-order valence-electron chi connectivity index (χ0n) is 14.1. The fraction of sp³-hybridized carbons (Fsp3) is 0.278. The smallest absolute Gasteiger partial charge is 0.338 e. The van der Waals surface area contributed by atoms with Crippen molar-refractivity contribution < 1.29 is 23.5 Å². The van der Waals surface area contributed by atoms with Crippen LogP contribution >= 0.6 is 0 Å². The van der Waals surface area contributed by atoms with E-state index in [2.05, 4.69) is 10.6 Å². The third-order valence-corrected chi connectivity index (χ3v) is 3.48. The number of benzene rings is 1. The Hall–Kier alpha value is -3.09. The minimum absolute atomic E-state index is 0.0308. The van der Waals surface area contributed by atoms with Crippen LogP contribution in [0.3, 0.4) is 0 Å². The summed E-state index contributed by atoms with van der Waals surface area (Å²) in [6.45, 7) is 3.48. The van der Waals surface area contributed by atoms with Crippen LogP contribution in [0.5, 0.6) is 0 Å². The van der Waals surface area contributed by atoms with Crippen LogP contribution in [0, 0.1) is 0 Å². The number of nitrogens with one attached hydrogen (secondary N) is 2. The van der Waals surface area contributed by atoms with Crippen molar-refractivity contribution in [2.45, 2.75) is 26.3 Å². The molecule has 0 fully saturated rings. The summed E-state index contributed by atoms with van der Waals surface area (Å²) in [4.78, 5) is 35.4. The van der Waals surface area contributed by atoms with Crippen molar-refractivity contribution in [3.63, 3.8) is 0 Å². The molecule has 0 unspecified atom stereocenters. The lowest BCUT2D eigenvalue weighted by Crippen LogP contribution is -2.35. The van der Waals surface area contributed by atoms with Crippen LogP contribution < -0.4 is 10.6 Å². The number of carbonyl (C=O) groups is 3. The average Bonchev–Trinajstić information content (AvgIpc) is 3.15. The molecule has 1 heterocycles. The van der Waals surface area contributed by atoms with Gasteiger partial charge in [-0.25, -0.2) is 4.79 Å². The third kappa shape index (κ3) is 5.49. The Bertz CT molecular complexity index is 722. The normalized spacial score (nSPS) is 11.4. The van der Waals surface area contributed by atoms with Gasteiger partial charge in [0.2, 0.25) is 0 Å². The van der Waals surface area contributed by atoms with Crippen molar-refractivity contribution in [2.24, 2.45) is 0 Å². The van der Waals surface area contributed by atoms with Gasteiger partial charge in [-0.3, -0.25) is 9.59 Å². The van der Waals surface area contributed by atoms with E-state index in [0.717, 1.165) is 6.42 Å². The first-order chi connectivity index (χ1) is 12.0. The van der Waals surface area contributed by atoms with E-state index in [1.54, 1.807) is 24.3 Å². The van der Waals surface area contributed by atoms with Crippen molar-refractivity contribution >= 4 is 23.5 Å². The number of esters is 1. The van der Waals surface area contributed by atoms with E-state index in [9.17, 15) is 14.4 Å². The molecule has 0 aliphatic heterocycles. The second kappa shape index (κ2) is 8.68. The average molecular weight is 344 g/mol. The number of carbonyl (C=O) groups excluding carboxylic acids is 3. The number of amides is 2. The van der Waals surface area contributed by atoms with Crippen molar-refractivity contribution in [2.75, 3.05) is 11.9 Å². The molecule has 2 rings (SSSR count). The molecule has 7 heteroatoms. The molecule has 0 saturated heterocycles. The Balaban J connectivity index is 1.85. The fourth-order valence-electron chi connectivity index (χ4n) is 1.92. The zero-order chi connectivity index (χ0) is 18.2. The number of rotatable bonds is 7. The molecule has 132 valence electrons.